The lowest BCUT2D eigenvalue weighted by Crippen LogP contribution is -2.60. The van der Waals surface area contributed by atoms with Gasteiger partial charge < -0.3 is 63.5 Å². The van der Waals surface area contributed by atoms with Crippen LogP contribution in [0.5, 0.6) is 23.0 Å². The first-order chi connectivity index (χ1) is 18.6. The van der Waals surface area contributed by atoms with Gasteiger partial charge in [0.15, 0.2) is 17.8 Å². The quantitative estimate of drug-likeness (QED) is 0.202. The summed E-state index contributed by atoms with van der Waals surface area (Å²) in [7, 11) is 2.68. The summed E-state index contributed by atoms with van der Waals surface area (Å²) in [5.41, 5.74) is -0.394. The molecule has 0 saturated carbocycles. The minimum absolute atomic E-state index is 0.0445. The molecule has 39 heavy (non-hydrogen) atoms. The summed E-state index contributed by atoms with van der Waals surface area (Å²) < 4.78 is 38.5. The molecule has 2 aliphatic heterocycles. The van der Waals surface area contributed by atoms with Crippen molar-refractivity contribution in [3.05, 3.63) is 34.5 Å². The summed E-state index contributed by atoms with van der Waals surface area (Å²) in [6, 6.07) is 5.55. The molecule has 0 radical (unpaired) electrons. The average Bonchev–Trinajstić information content (AvgIpc) is 2.92. The van der Waals surface area contributed by atoms with Gasteiger partial charge in [0.1, 0.15) is 70.1 Å². The molecule has 212 valence electrons. The van der Waals surface area contributed by atoms with Crippen LogP contribution in [0, 0.1) is 0 Å². The molecule has 14 heteroatoms. The zero-order valence-electron chi connectivity index (χ0n) is 20.8. The van der Waals surface area contributed by atoms with Crippen LogP contribution < -0.4 is 19.6 Å². The molecular formula is C25H28O14. The number of benzene rings is 2. The van der Waals surface area contributed by atoms with Crippen LogP contribution in [0.15, 0.2) is 33.5 Å². The van der Waals surface area contributed by atoms with Crippen molar-refractivity contribution >= 4 is 21.9 Å². The molecule has 8 unspecified atom stereocenters. The monoisotopic (exact) mass is 552 g/mol. The Balaban J connectivity index is 1.44. The fraction of sp³-hybridized carbons (Fsp3) is 0.480. The summed E-state index contributed by atoms with van der Waals surface area (Å²) in [6.07, 6.45) is -11.8. The highest BCUT2D eigenvalue weighted by molar-refractivity contribution is 5.97. The van der Waals surface area contributed by atoms with E-state index in [0.29, 0.717) is 0 Å². The maximum Gasteiger partial charge on any atom is 0.228 e. The lowest BCUT2D eigenvalue weighted by molar-refractivity contribution is -0.320. The van der Waals surface area contributed by atoms with E-state index in [0.717, 1.165) is 0 Å². The van der Waals surface area contributed by atoms with Gasteiger partial charge in [0.05, 0.1) is 27.4 Å². The molecule has 3 aromatic rings. The third kappa shape index (κ3) is 4.85. The summed E-state index contributed by atoms with van der Waals surface area (Å²) >= 11 is 0. The Morgan fingerprint density at radius 3 is 2.26 bits per heavy atom. The summed E-state index contributed by atoms with van der Waals surface area (Å²) in [4.78, 5) is 13.6. The second-order valence-electron chi connectivity index (χ2n) is 9.15. The standard InChI is InChI=1S/C25H28O14/c1-33-9-5-13-16(20(30)17-12(37-13)4-3-10(26)23(17)34-2)14(6-9)38-25-22(32)19(29)15(8-36-25)39-24-21(31)18(28)11(27)7-35-24/h3-6,11,15,18-19,21-22,24-29,31-32H,7-8H2,1-2H3. The molecule has 2 saturated heterocycles. The highest BCUT2D eigenvalue weighted by Gasteiger charge is 2.45. The van der Waals surface area contributed by atoms with Gasteiger partial charge in [0, 0.05) is 12.1 Å². The molecule has 6 N–H and O–H groups in total. The lowest BCUT2D eigenvalue weighted by Gasteiger charge is -2.41. The van der Waals surface area contributed by atoms with Crippen molar-refractivity contribution in [3.8, 4) is 23.0 Å². The van der Waals surface area contributed by atoms with E-state index in [4.69, 9.17) is 32.8 Å². The predicted octanol–water partition coefficient (Wildman–Crippen LogP) is -1.05. The fourth-order valence-corrected chi connectivity index (χ4v) is 4.57. The number of fused-ring (bicyclic) bond motifs is 2. The van der Waals surface area contributed by atoms with Gasteiger partial charge >= 0.3 is 0 Å². The van der Waals surface area contributed by atoms with E-state index in [1.807, 2.05) is 0 Å². The van der Waals surface area contributed by atoms with Crippen LogP contribution in [-0.2, 0) is 14.2 Å². The van der Waals surface area contributed by atoms with E-state index >= 15 is 0 Å². The number of hydrogen-bond donors (Lipinski definition) is 6. The Hall–Kier alpha value is -3.21. The Morgan fingerprint density at radius 1 is 0.821 bits per heavy atom. The van der Waals surface area contributed by atoms with Crippen molar-refractivity contribution in [1.29, 1.82) is 0 Å². The summed E-state index contributed by atoms with van der Waals surface area (Å²) in [6.45, 7) is -0.654. The SMILES string of the molecule is COc1cc(OC2OCC(OC3OCC(O)C(O)C3O)C(O)C2O)c2c(=O)c3c(OC)c(O)ccc3oc2c1. The van der Waals surface area contributed by atoms with Crippen LogP contribution in [0.3, 0.4) is 0 Å². The highest BCUT2D eigenvalue weighted by Crippen LogP contribution is 2.38. The second kappa shape index (κ2) is 10.7. The van der Waals surface area contributed by atoms with Crippen LogP contribution in [-0.4, -0.2) is 107 Å². The van der Waals surface area contributed by atoms with Gasteiger partial charge in [-0.15, -0.1) is 0 Å². The van der Waals surface area contributed by atoms with Gasteiger partial charge in [-0.3, -0.25) is 4.79 Å². The van der Waals surface area contributed by atoms with Gasteiger partial charge in [-0.25, -0.2) is 0 Å². The molecule has 1 aromatic heterocycles. The molecule has 5 rings (SSSR count). The number of aliphatic hydroxyl groups excluding tert-OH is 5. The zero-order valence-corrected chi connectivity index (χ0v) is 20.8. The molecule has 0 bridgehead atoms. The Labute approximate surface area is 220 Å². The van der Waals surface area contributed by atoms with Crippen LogP contribution in [0.4, 0.5) is 0 Å². The van der Waals surface area contributed by atoms with E-state index < -0.39 is 54.6 Å². The van der Waals surface area contributed by atoms with Crippen LogP contribution >= 0.6 is 0 Å². The Kier molecular flexibility index (Phi) is 7.54. The zero-order chi connectivity index (χ0) is 28.0. The van der Waals surface area contributed by atoms with E-state index in [1.165, 1.54) is 38.5 Å². The molecule has 2 aliphatic rings. The van der Waals surface area contributed by atoms with Crippen LogP contribution in [0.1, 0.15) is 0 Å². The van der Waals surface area contributed by atoms with E-state index in [1.54, 1.807) is 0 Å². The largest absolute Gasteiger partial charge is 0.504 e. The smallest absolute Gasteiger partial charge is 0.228 e. The molecule has 0 aliphatic carbocycles. The van der Waals surface area contributed by atoms with Crippen molar-refractivity contribution < 1.29 is 63.5 Å². The van der Waals surface area contributed by atoms with Gasteiger partial charge in [-0.05, 0) is 12.1 Å². The number of hydrogen-bond acceptors (Lipinski definition) is 14. The van der Waals surface area contributed by atoms with E-state index in [9.17, 15) is 35.4 Å². The molecule has 0 spiro atoms. The minimum atomic E-state index is -1.70. The van der Waals surface area contributed by atoms with Crippen molar-refractivity contribution in [2.75, 3.05) is 27.4 Å². The third-order valence-corrected chi connectivity index (χ3v) is 6.69. The summed E-state index contributed by atoms with van der Waals surface area (Å²) in [5, 5.41) is 61.1. The average molecular weight is 552 g/mol. The Morgan fingerprint density at radius 2 is 1.54 bits per heavy atom. The lowest BCUT2D eigenvalue weighted by atomic mass is 10.0. The highest BCUT2D eigenvalue weighted by atomic mass is 16.7. The number of rotatable bonds is 6. The number of aliphatic hydroxyl groups is 5. The fourth-order valence-electron chi connectivity index (χ4n) is 4.57. The first-order valence-electron chi connectivity index (χ1n) is 11.9. The molecule has 14 nitrogen and oxygen atoms in total. The van der Waals surface area contributed by atoms with Crippen LogP contribution in [0.2, 0.25) is 0 Å². The second-order valence-corrected chi connectivity index (χ2v) is 9.15. The van der Waals surface area contributed by atoms with E-state index in [2.05, 4.69) is 0 Å². The molecule has 3 heterocycles. The number of phenols is 1. The predicted molar refractivity (Wildman–Crippen MR) is 130 cm³/mol. The number of phenolic OH excluding ortho intramolecular Hbond substituents is 1. The van der Waals surface area contributed by atoms with Gasteiger partial charge in [0.2, 0.25) is 11.7 Å². The maximum absolute atomic E-state index is 13.6. The third-order valence-electron chi connectivity index (χ3n) is 6.69. The first kappa shape index (κ1) is 27.4. The maximum atomic E-state index is 13.6. The number of methoxy groups -OCH3 is 2. The van der Waals surface area contributed by atoms with Crippen molar-refractivity contribution in [2.24, 2.45) is 0 Å². The molecule has 2 fully saturated rings. The molecule has 0 amide bonds. The van der Waals surface area contributed by atoms with Crippen molar-refractivity contribution in [2.45, 2.75) is 49.2 Å². The topological polar surface area (TPSA) is 207 Å². The first-order valence-corrected chi connectivity index (χ1v) is 11.9. The van der Waals surface area contributed by atoms with Crippen molar-refractivity contribution in [1.82, 2.24) is 0 Å². The molecular weight excluding hydrogens is 524 g/mol. The van der Waals surface area contributed by atoms with Gasteiger partial charge in [-0.1, -0.05) is 0 Å². The Bertz CT molecular complexity index is 1410. The molecule has 8 atom stereocenters. The minimum Gasteiger partial charge on any atom is -0.504 e. The normalized spacial score (nSPS) is 31.4. The van der Waals surface area contributed by atoms with E-state index in [-0.39, 0.29) is 58.2 Å². The number of aromatic hydroxyl groups is 1. The van der Waals surface area contributed by atoms with Gasteiger partial charge in [0.25, 0.3) is 0 Å². The van der Waals surface area contributed by atoms with Crippen molar-refractivity contribution in [3.63, 3.8) is 0 Å². The number of ether oxygens (including phenoxy) is 6. The van der Waals surface area contributed by atoms with Gasteiger partial charge in [-0.2, -0.15) is 0 Å². The molecule has 2 aromatic carbocycles. The van der Waals surface area contributed by atoms with Crippen LogP contribution in [0.25, 0.3) is 21.9 Å². The summed E-state index contributed by atoms with van der Waals surface area (Å²) in [5.74, 6) is -0.230.